The Hall–Kier alpha value is -0.370. The van der Waals surface area contributed by atoms with E-state index in [1.807, 2.05) is 0 Å². The van der Waals surface area contributed by atoms with Crippen molar-refractivity contribution >= 4 is 31.0 Å². The summed E-state index contributed by atoms with van der Waals surface area (Å²) in [5.74, 6) is -0.413. The van der Waals surface area contributed by atoms with E-state index >= 15 is 0 Å². The molecule has 1 aromatic carbocycles. The van der Waals surface area contributed by atoms with E-state index in [0.29, 0.717) is 11.5 Å². The van der Waals surface area contributed by atoms with Crippen molar-refractivity contribution in [2.75, 3.05) is 7.11 Å². The molecule has 4 saturated carbocycles. The van der Waals surface area contributed by atoms with Crippen molar-refractivity contribution in [3.63, 3.8) is 0 Å². The zero-order valence-electron chi connectivity index (χ0n) is 15.1. The van der Waals surface area contributed by atoms with E-state index < -0.39 is 19.2 Å². The minimum atomic E-state index is -4.77. The zero-order chi connectivity index (χ0) is 19.9. The molecule has 1 spiro atoms. The zero-order valence-corrected chi connectivity index (χ0v) is 17.5. The van der Waals surface area contributed by atoms with E-state index in [2.05, 4.69) is 0 Å². The summed E-state index contributed by atoms with van der Waals surface area (Å²) in [7, 11) is -3.23. The van der Waals surface area contributed by atoms with Crippen LogP contribution in [0.1, 0.15) is 37.7 Å². The van der Waals surface area contributed by atoms with Gasteiger partial charge in [-0.15, -0.1) is 11.6 Å². The van der Waals surface area contributed by atoms with Crippen molar-refractivity contribution in [2.45, 2.75) is 48.4 Å². The van der Waals surface area contributed by atoms with Gasteiger partial charge in [-0.1, -0.05) is 17.7 Å². The third-order valence-electron chi connectivity index (χ3n) is 6.95. The van der Waals surface area contributed by atoms with Crippen molar-refractivity contribution in [3.05, 3.63) is 28.8 Å². The highest BCUT2D eigenvalue weighted by molar-refractivity contribution is 7.46. The van der Waals surface area contributed by atoms with Crippen LogP contribution < -0.4 is 4.52 Å². The molecule has 5 fully saturated rings. The lowest BCUT2D eigenvalue weighted by Gasteiger charge is -2.70. The van der Waals surface area contributed by atoms with Crippen LogP contribution in [0.5, 0.6) is 5.75 Å². The lowest BCUT2D eigenvalue weighted by molar-refractivity contribution is -0.645. The number of phosphoric ester groups is 1. The molecule has 28 heavy (non-hydrogen) atoms. The van der Waals surface area contributed by atoms with Crippen LogP contribution in [0.4, 0.5) is 0 Å². The fourth-order valence-electron chi connectivity index (χ4n) is 6.25. The van der Waals surface area contributed by atoms with Gasteiger partial charge in [0.25, 0.3) is 5.79 Å². The SMILES string of the molecule is COC1(c2ccc(Cl)c(OP(=O)(O)O)c2)OOC12C1CC3CC2CC(Cl)(C3)C1. The molecule has 0 aromatic heterocycles. The predicted molar refractivity (Wildman–Crippen MR) is 99.9 cm³/mol. The van der Waals surface area contributed by atoms with Crippen molar-refractivity contribution in [2.24, 2.45) is 17.8 Å². The number of hydrogen-bond donors (Lipinski definition) is 2. The van der Waals surface area contributed by atoms with Crippen molar-refractivity contribution in [3.8, 4) is 5.75 Å². The molecule has 3 atom stereocenters. The maximum absolute atomic E-state index is 11.3. The normalized spacial score (nSPS) is 44.0. The highest BCUT2D eigenvalue weighted by atomic mass is 35.5. The summed E-state index contributed by atoms with van der Waals surface area (Å²) in [5, 5.41) is 0.0809. The van der Waals surface area contributed by atoms with Gasteiger partial charge in [-0.25, -0.2) is 9.45 Å². The molecular weight excluding hydrogens is 430 g/mol. The molecule has 1 aromatic rings. The molecule has 4 aliphatic carbocycles. The molecule has 7 nitrogen and oxygen atoms in total. The summed E-state index contributed by atoms with van der Waals surface area (Å²) in [6.07, 6.45) is 4.70. The Morgan fingerprint density at radius 3 is 2.36 bits per heavy atom. The van der Waals surface area contributed by atoms with Gasteiger partial charge in [0.2, 0.25) is 0 Å². The summed E-state index contributed by atoms with van der Waals surface area (Å²) < 4.78 is 22.0. The second-order valence-corrected chi connectivity index (χ2v) is 10.9. The first-order valence-electron chi connectivity index (χ1n) is 9.27. The molecule has 1 aliphatic heterocycles. The van der Waals surface area contributed by atoms with Crippen LogP contribution in [0.2, 0.25) is 5.02 Å². The largest absolute Gasteiger partial charge is 0.524 e. The maximum Gasteiger partial charge on any atom is 0.524 e. The van der Waals surface area contributed by atoms with Gasteiger partial charge < -0.3 is 9.26 Å². The Balaban J connectivity index is 1.58. The standard InChI is InChI=1S/C18H21Cl2O7P/c1-24-18(11-2-3-14(19)15(6-11)25-28(21,22)23)17(26-27-18)12-4-10-5-13(17)9-16(20,7-10)8-12/h2-3,6,10,12-13H,4-5,7-9H2,1H3,(H2,21,22,23). The number of methoxy groups -OCH3 is 1. The molecule has 0 amide bonds. The highest BCUT2D eigenvalue weighted by Crippen LogP contribution is 2.71. The molecule has 6 rings (SSSR count). The third-order valence-corrected chi connectivity index (χ3v) is 8.16. The van der Waals surface area contributed by atoms with E-state index in [0.717, 1.165) is 32.1 Å². The van der Waals surface area contributed by atoms with Crippen LogP contribution >= 0.6 is 31.0 Å². The van der Waals surface area contributed by atoms with Crippen LogP contribution in [0.3, 0.4) is 0 Å². The van der Waals surface area contributed by atoms with Crippen LogP contribution in [-0.2, 0) is 24.9 Å². The molecular formula is C18H21Cl2O7P. The van der Waals surface area contributed by atoms with E-state index in [9.17, 15) is 14.4 Å². The van der Waals surface area contributed by atoms with Crippen molar-refractivity contribution in [1.29, 1.82) is 0 Å². The first kappa shape index (κ1) is 19.6. The molecule has 0 radical (unpaired) electrons. The van der Waals surface area contributed by atoms with Gasteiger partial charge in [0.1, 0.15) is 0 Å². The van der Waals surface area contributed by atoms with E-state index in [-0.39, 0.29) is 27.5 Å². The molecule has 1 saturated heterocycles. The molecule has 10 heteroatoms. The monoisotopic (exact) mass is 450 g/mol. The van der Waals surface area contributed by atoms with Gasteiger partial charge in [0.15, 0.2) is 11.4 Å². The number of phosphoric acid groups is 1. The molecule has 5 aliphatic rings. The number of alkyl halides is 1. The Kier molecular flexibility index (Phi) is 4.25. The summed E-state index contributed by atoms with van der Waals surface area (Å²) in [4.78, 5) is 29.7. The quantitative estimate of drug-likeness (QED) is 0.404. The van der Waals surface area contributed by atoms with Gasteiger partial charge in [-0.3, -0.25) is 9.79 Å². The van der Waals surface area contributed by atoms with Crippen LogP contribution in [0, 0.1) is 17.8 Å². The smallest absolute Gasteiger partial charge is 0.403 e. The predicted octanol–water partition coefficient (Wildman–Crippen LogP) is 4.13. The minimum Gasteiger partial charge on any atom is -0.403 e. The van der Waals surface area contributed by atoms with E-state index in [1.165, 1.54) is 12.1 Å². The van der Waals surface area contributed by atoms with Crippen molar-refractivity contribution < 1.29 is 33.4 Å². The van der Waals surface area contributed by atoms with Crippen LogP contribution in [0.25, 0.3) is 0 Å². The molecule has 154 valence electrons. The Morgan fingerprint density at radius 1 is 1.18 bits per heavy atom. The first-order chi connectivity index (χ1) is 13.1. The van der Waals surface area contributed by atoms with E-state index in [4.69, 9.17) is 42.2 Å². The Labute approximate surface area is 172 Å². The Morgan fingerprint density at radius 2 is 1.86 bits per heavy atom. The number of benzene rings is 1. The average Bonchev–Trinajstić information content (AvgIpc) is 2.54. The van der Waals surface area contributed by atoms with Gasteiger partial charge >= 0.3 is 7.82 Å². The summed E-state index contributed by atoms with van der Waals surface area (Å²) in [6.45, 7) is 0. The van der Waals surface area contributed by atoms with Gasteiger partial charge in [-0.05, 0) is 62.0 Å². The maximum atomic E-state index is 11.3. The minimum absolute atomic E-state index is 0.0809. The average molecular weight is 451 g/mol. The fourth-order valence-corrected chi connectivity index (χ4v) is 7.46. The van der Waals surface area contributed by atoms with E-state index in [1.54, 1.807) is 13.2 Å². The van der Waals surface area contributed by atoms with Crippen LogP contribution in [-0.4, -0.2) is 27.4 Å². The summed E-state index contributed by atoms with van der Waals surface area (Å²) >= 11 is 13.0. The molecule has 4 bridgehead atoms. The number of ether oxygens (including phenoxy) is 1. The van der Waals surface area contributed by atoms with Gasteiger partial charge in [0, 0.05) is 17.5 Å². The number of halogens is 2. The van der Waals surface area contributed by atoms with Gasteiger partial charge in [-0.2, -0.15) is 4.89 Å². The number of hydrogen-bond acceptors (Lipinski definition) is 5. The molecule has 2 N–H and O–H groups in total. The second-order valence-electron chi connectivity index (χ2n) is 8.50. The topological polar surface area (TPSA) is 94.5 Å². The lowest BCUT2D eigenvalue weighted by atomic mass is 9.46. The fraction of sp³-hybridized carbons (Fsp3) is 0.667. The molecule has 3 unspecified atom stereocenters. The highest BCUT2D eigenvalue weighted by Gasteiger charge is 2.78. The van der Waals surface area contributed by atoms with Crippen LogP contribution in [0.15, 0.2) is 18.2 Å². The van der Waals surface area contributed by atoms with Crippen molar-refractivity contribution in [1.82, 2.24) is 0 Å². The third kappa shape index (κ3) is 2.58. The Bertz CT molecular complexity index is 853. The number of rotatable bonds is 4. The second kappa shape index (κ2) is 6.08. The first-order valence-corrected chi connectivity index (χ1v) is 11.6. The summed E-state index contributed by atoms with van der Waals surface area (Å²) in [5.41, 5.74) is -0.144. The summed E-state index contributed by atoms with van der Waals surface area (Å²) in [6, 6.07) is 4.68. The van der Waals surface area contributed by atoms with Gasteiger partial charge in [0.05, 0.1) is 5.02 Å². The molecule has 1 heterocycles. The lowest BCUT2D eigenvalue weighted by Crippen LogP contribution is -2.78.